The Morgan fingerprint density at radius 1 is 0.773 bits per heavy atom. The molecule has 1 atom stereocenters. The van der Waals surface area contributed by atoms with Gasteiger partial charge in [-0.3, -0.25) is 16.0 Å². The Balaban J connectivity index is 4.61. The summed E-state index contributed by atoms with van der Waals surface area (Å²) in [6, 6.07) is 1.19. The zero-order valence-corrected chi connectivity index (χ0v) is 16.2. The minimum absolute atomic E-state index is 0.263. The van der Waals surface area contributed by atoms with Crippen LogP contribution in [0, 0.1) is 0 Å². The molecule has 1 unspecified atom stereocenters. The van der Waals surface area contributed by atoms with E-state index in [9.17, 15) is 0 Å². The molecule has 0 aliphatic heterocycles. The quantitative estimate of drug-likeness (QED) is 0.294. The fourth-order valence-electron chi connectivity index (χ4n) is 3.18. The average Bonchev–Trinajstić information content (AvgIpc) is 2.44. The highest BCUT2D eigenvalue weighted by Crippen LogP contribution is 2.15. The Morgan fingerprint density at radius 2 is 1.27 bits per heavy atom. The lowest BCUT2D eigenvalue weighted by Crippen LogP contribution is -2.76. The van der Waals surface area contributed by atoms with Crippen LogP contribution in [0.4, 0.5) is 0 Å². The minimum atomic E-state index is -0.263. The van der Waals surface area contributed by atoms with Gasteiger partial charge in [-0.2, -0.15) is 0 Å². The molecule has 0 aliphatic carbocycles. The third-order valence-electron chi connectivity index (χ3n) is 4.14. The van der Waals surface area contributed by atoms with E-state index in [4.69, 9.17) is 0 Å². The van der Waals surface area contributed by atoms with Crippen molar-refractivity contribution in [1.29, 1.82) is 0 Å². The van der Waals surface area contributed by atoms with Crippen LogP contribution in [0.2, 0.25) is 0 Å². The van der Waals surface area contributed by atoms with Crippen molar-refractivity contribution in [1.82, 2.24) is 21.3 Å². The van der Waals surface area contributed by atoms with E-state index >= 15 is 0 Å². The lowest BCUT2D eigenvalue weighted by molar-refractivity contribution is 0.119. The third-order valence-corrected chi connectivity index (χ3v) is 4.14. The smallest absolute Gasteiger partial charge is 0.139 e. The molecule has 0 amide bonds. The van der Waals surface area contributed by atoms with Gasteiger partial charge in [0.15, 0.2) is 0 Å². The van der Waals surface area contributed by atoms with E-state index in [1.165, 1.54) is 44.9 Å². The summed E-state index contributed by atoms with van der Waals surface area (Å²) in [6.45, 7) is 11.1. The molecule has 4 heteroatoms. The van der Waals surface area contributed by atoms with Crippen LogP contribution in [0.15, 0.2) is 0 Å². The normalized spacial score (nSPS) is 14.0. The fourth-order valence-corrected chi connectivity index (χ4v) is 3.18. The first-order valence-electron chi connectivity index (χ1n) is 9.33. The number of hydrogen-bond acceptors (Lipinski definition) is 4. The molecule has 0 saturated heterocycles. The van der Waals surface area contributed by atoms with E-state index in [0.717, 1.165) is 0 Å². The molecule has 4 nitrogen and oxygen atoms in total. The number of likely N-dealkylation sites (N-methyl/N-ethyl adjacent to an activating group) is 2. The van der Waals surface area contributed by atoms with Gasteiger partial charge in [0.25, 0.3) is 0 Å². The maximum Gasteiger partial charge on any atom is 0.139 e. The summed E-state index contributed by atoms with van der Waals surface area (Å²) in [5.74, 6) is -0.263. The second kappa shape index (κ2) is 12.3. The second-order valence-electron chi connectivity index (χ2n) is 7.05. The highest BCUT2D eigenvalue weighted by molar-refractivity contribution is 4.95. The zero-order chi connectivity index (χ0) is 17.0. The average molecular weight is 315 g/mol. The van der Waals surface area contributed by atoms with Crippen molar-refractivity contribution >= 4 is 0 Å². The van der Waals surface area contributed by atoms with E-state index < -0.39 is 0 Å². The Kier molecular flexibility index (Phi) is 12.2. The molecular weight excluding hydrogens is 272 g/mol. The van der Waals surface area contributed by atoms with Crippen molar-refractivity contribution in [2.45, 2.75) is 103 Å². The Bertz CT molecular complexity index is 243. The third kappa shape index (κ3) is 8.47. The molecular formula is C18H42N4. The van der Waals surface area contributed by atoms with E-state index in [-0.39, 0.29) is 5.79 Å². The minimum Gasteiger partial charge on any atom is -0.313 e. The van der Waals surface area contributed by atoms with E-state index in [2.05, 4.69) is 62.9 Å². The molecule has 0 bridgehead atoms. The monoisotopic (exact) mass is 314 g/mol. The molecule has 0 spiro atoms. The zero-order valence-electron chi connectivity index (χ0n) is 16.2. The molecule has 134 valence electrons. The topological polar surface area (TPSA) is 48.1 Å². The van der Waals surface area contributed by atoms with Crippen LogP contribution >= 0.6 is 0 Å². The molecule has 0 aromatic carbocycles. The van der Waals surface area contributed by atoms with Gasteiger partial charge in [0.05, 0.1) is 6.04 Å². The predicted octanol–water partition coefficient (Wildman–Crippen LogP) is 3.19. The fraction of sp³-hybridized carbons (Fsp3) is 1.00. The van der Waals surface area contributed by atoms with Crippen molar-refractivity contribution < 1.29 is 0 Å². The number of unbranched alkanes of at least 4 members (excludes halogenated alkanes) is 5. The van der Waals surface area contributed by atoms with Gasteiger partial charge in [-0.25, -0.2) is 0 Å². The number of rotatable bonds is 14. The van der Waals surface area contributed by atoms with Gasteiger partial charge in [0, 0.05) is 12.1 Å². The molecule has 0 aromatic rings. The SMILES string of the molecule is CCCCCCCCC(NC)C(NC)(NC(C)C)NC(C)C. The standard InChI is InChI=1S/C18H42N4/c1-8-9-10-11-12-13-14-17(19-6)18(20-7,21-15(2)3)22-16(4)5/h15-17,19-22H,8-14H2,1-7H3. The number of hydrogen-bond donors (Lipinski definition) is 4. The van der Waals surface area contributed by atoms with Crippen LogP contribution in [-0.2, 0) is 0 Å². The molecule has 0 fully saturated rings. The maximum absolute atomic E-state index is 3.70. The van der Waals surface area contributed by atoms with Crippen molar-refractivity contribution in [2.24, 2.45) is 0 Å². The van der Waals surface area contributed by atoms with Crippen LogP contribution in [0.3, 0.4) is 0 Å². The van der Waals surface area contributed by atoms with Gasteiger partial charge >= 0.3 is 0 Å². The first-order chi connectivity index (χ1) is 10.4. The number of nitrogens with one attached hydrogen (secondary N) is 4. The summed E-state index contributed by atoms with van der Waals surface area (Å²) in [7, 11) is 4.11. The van der Waals surface area contributed by atoms with Crippen molar-refractivity contribution in [3.63, 3.8) is 0 Å². The summed E-state index contributed by atoms with van der Waals surface area (Å²) in [4.78, 5) is 0. The van der Waals surface area contributed by atoms with Crippen molar-refractivity contribution in [2.75, 3.05) is 14.1 Å². The molecule has 0 aromatic heterocycles. The highest BCUT2D eigenvalue weighted by atomic mass is 15.4. The molecule has 0 radical (unpaired) electrons. The molecule has 0 saturated carbocycles. The maximum atomic E-state index is 3.70. The van der Waals surface area contributed by atoms with Crippen LogP contribution in [0.5, 0.6) is 0 Å². The van der Waals surface area contributed by atoms with Crippen LogP contribution in [0.25, 0.3) is 0 Å². The lowest BCUT2D eigenvalue weighted by Gasteiger charge is -2.45. The van der Waals surface area contributed by atoms with Gasteiger partial charge in [0.2, 0.25) is 0 Å². The van der Waals surface area contributed by atoms with E-state index in [1.54, 1.807) is 0 Å². The second-order valence-corrected chi connectivity index (χ2v) is 7.05. The van der Waals surface area contributed by atoms with Crippen molar-refractivity contribution in [3.8, 4) is 0 Å². The first-order valence-corrected chi connectivity index (χ1v) is 9.33. The largest absolute Gasteiger partial charge is 0.313 e. The van der Waals surface area contributed by atoms with Crippen molar-refractivity contribution in [3.05, 3.63) is 0 Å². The molecule has 22 heavy (non-hydrogen) atoms. The summed E-state index contributed by atoms with van der Waals surface area (Å²) < 4.78 is 0. The van der Waals surface area contributed by atoms with E-state index in [1.807, 2.05) is 7.05 Å². The van der Waals surface area contributed by atoms with Gasteiger partial charge < -0.3 is 5.32 Å². The summed E-state index contributed by atoms with van der Waals surface area (Å²) >= 11 is 0. The Labute approximate surface area is 139 Å². The summed E-state index contributed by atoms with van der Waals surface area (Å²) in [5, 5.41) is 14.4. The Morgan fingerprint density at radius 3 is 1.68 bits per heavy atom. The Hall–Kier alpha value is -0.160. The van der Waals surface area contributed by atoms with E-state index in [0.29, 0.717) is 18.1 Å². The highest BCUT2D eigenvalue weighted by Gasteiger charge is 2.36. The molecule has 0 aliphatic rings. The van der Waals surface area contributed by atoms with Gasteiger partial charge in [0.1, 0.15) is 5.79 Å². The predicted molar refractivity (Wildman–Crippen MR) is 99.2 cm³/mol. The first kappa shape index (κ1) is 21.8. The van der Waals surface area contributed by atoms with Crippen LogP contribution in [-0.4, -0.2) is 38.0 Å². The van der Waals surface area contributed by atoms with Crippen LogP contribution < -0.4 is 21.3 Å². The summed E-state index contributed by atoms with van der Waals surface area (Å²) in [6.07, 6.45) is 9.22. The van der Waals surface area contributed by atoms with Gasteiger partial charge in [-0.1, -0.05) is 45.4 Å². The molecule has 0 heterocycles. The van der Waals surface area contributed by atoms with Crippen LogP contribution in [0.1, 0.15) is 79.6 Å². The lowest BCUT2D eigenvalue weighted by atomic mass is 9.98. The summed E-state index contributed by atoms with van der Waals surface area (Å²) in [5.41, 5.74) is 0. The molecule has 4 N–H and O–H groups in total. The molecule has 0 rings (SSSR count). The van der Waals surface area contributed by atoms with Gasteiger partial charge in [-0.05, 0) is 48.2 Å². The van der Waals surface area contributed by atoms with Gasteiger partial charge in [-0.15, -0.1) is 0 Å².